The van der Waals surface area contributed by atoms with Crippen LogP contribution in [0.5, 0.6) is 5.75 Å². The molecule has 0 aromatic heterocycles. The molecule has 0 saturated carbocycles. The Morgan fingerprint density at radius 2 is 2.09 bits per heavy atom. The van der Waals surface area contributed by atoms with Gasteiger partial charge in [-0.3, -0.25) is 9.59 Å². The molecule has 0 unspecified atom stereocenters. The summed E-state index contributed by atoms with van der Waals surface area (Å²) in [4.78, 5) is 24.0. The number of nitrogens with zero attached hydrogens (tertiary/aromatic N) is 1. The van der Waals surface area contributed by atoms with Crippen LogP contribution in [0, 0.1) is 5.92 Å². The third-order valence-corrected chi connectivity index (χ3v) is 3.41. The van der Waals surface area contributed by atoms with E-state index in [1.54, 1.807) is 0 Å². The van der Waals surface area contributed by atoms with Gasteiger partial charge in [0, 0.05) is 13.1 Å². The molecule has 1 heterocycles. The Kier molecular flexibility index (Phi) is 4.58. The average molecular weight is 317 g/mol. The van der Waals surface area contributed by atoms with Crippen LogP contribution in [0.1, 0.15) is 12.0 Å². The van der Waals surface area contributed by atoms with Crippen LogP contribution >= 0.6 is 0 Å². The first-order chi connectivity index (χ1) is 10.3. The molecule has 1 aromatic carbocycles. The minimum atomic E-state index is -4.48. The first-order valence-corrected chi connectivity index (χ1v) is 6.58. The van der Waals surface area contributed by atoms with Gasteiger partial charge in [0.25, 0.3) is 5.91 Å². The number of carboxylic acids is 1. The fourth-order valence-corrected chi connectivity index (χ4v) is 2.19. The third-order valence-electron chi connectivity index (χ3n) is 3.41. The van der Waals surface area contributed by atoms with E-state index < -0.39 is 36.1 Å². The van der Waals surface area contributed by atoms with Crippen molar-refractivity contribution in [2.75, 3.05) is 19.7 Å². The molecular formula is C14H14F3NO4. The first-order valence-electron chi connectivity index (χ1n) is 6.58. The van der Waals surface area contributed by atoms with Crippen LogP contribution in [-0.4, -0.2) is 41.6 Å². The van der Waals surface area contributed by atoms with Gasteiger partial charge in [-0.25, -0.2) is 0 Å². The van der Waals surface area contributed by atoms with Crippen LogP contribution in [-0.2, 0) is 15.8 Å². The smallest absolute Gasteiger partial charge is 0.416 e. The van der Waals surface area contributed by atoms with Crippen molar-refractivity contribution in [3.8, 4) is 5.75 Å². The Bertz CT molecular complexity index is 573. The topological polar surface area (TPSA) is 66.8 Å². The zero-order valence-corrected chi connectivity index (χ0v) is 11.5. The number of amides is 1. The predicted octanol–water partition coefficient (Wildman–Crippen LogP) is 2.02. The molecule has 1 saturated heterocycles. The molecular weight excluding hydrogens is 303 g/mol. The number of carboxylic acid groups (broad SMARTS) is 1. The summed E-state index contributed by atoms with van der Waals surface area (Å²) in [6.45, 7) is -0.0183. The average Bonchev–Trinajstić information content (AvgIpc) is 2.94. The number of hydrogen-bond donors (Lipinski definition) is 1. The van der Waals surface area contributed by atoms with Gasteiger partial charge in [-0.05, 0) is 24.6 Å². The van der Waals surface area contributed by atoms with E-state index in [0.717, 1.165) is 12.1 Å². The van der Waals surface area contributed by atoms with Crippen molar-refractivity contribution in [1.82, 2.24) is 4.90 Å². The summed E-state index contributed by atoms with van der Waals surface area (Å²) >= 11 is 0. The maximum atomic E-state index is 12.5. The van der Waals surface area contributed by atoms with Crippen LogP contribution in [0.3, 0.4) is 0 Å². The van der Waals surface area contributed by atoms with Crippen LogP contribution in [0.15, 0.2) is 24.3 Å². The summed E-state index contributed by atoms with van der Waals surface area (Å²) in [7, 11) is 0. The lowest BCUT2D eigenvalue weighted by Crippen LogP contribution is -2.33. The summed E-state index contributed by atoms with van der Waals surface area (Å²) < 4.78 is 42.7. The van der Waals surface area contributed by atoms with E-state index in [4.69, 9.17) is 9.84 Å². The fraction of sp³-hybridized carbons (Fsp3) is 0.429. The number of carbonyl (C=O) groups is 2. The van der Waals surface area contributed by atoms with Gasteiger partial charge < -0.3 is 14.7 Å². The van der Waals surface area contributed by atoms with Crippen molar-refractivity contribution in [1.29, 1.82) is 0 Å². The van der Waals surface area contributed by atoms with E-state index in [2.05, 4.69) is 0 Å². The minimum Gasteiger partial charge on any atom is -0.484 e. The predicted molar refractivity (Wildman–Crippen MR) is 69.3 cm³/mol. The maximum absolute atomic E-state index is 12.5. The highest BCUT2D eigenvalue weighted by atomic mass is 19.4. The highest BCUT2D eigenvalue weighted by Crippen LogP contribution is 2.31. The van der Waals surface area contributed by atoms with E-state index >= 15 is 0 Å². The fourth-order valence-electron chi connectivity index (χ4n) is 2.19. The second kappa shape index (κ2) is 6.25. The number of aliphatic carboxylic acids is 1. The normalized spacial score (nSPS) is 18.3. The van der Waals surface area contributed by atoms with Crippen molar-refractivity contribution in [2.45, 2.75) is 12.6 Å². The van der Waals surface area contributed by atoms with Crippen molar-refractivity contribution in [3.63, 3.8) is 0 Å². The van der Waals surface area contributed by atoms with Crippen molar-refractivity contribution >= 4 is 11.9 Å². The largest absolute Gasteiger partial charge is 0.484 e. The number of likely N-dealkylation sites (tertiary alicyclic amines) is 1. The molecule has 0 aliphatic carbocycles. The summed E-state index contributed by atoms with van der Waals surface area (Å²) in [5.74, 6) is -2.06. The van der Waals surface area contributed by atoms with Gasteiger partial charge in [-0.2, -0.15) is 13.2 Å². The second-order valence-corrected chi connectivity index (χ2v) is 4.98. The SMILES string of the molecule is O=C(O)[C@H]1CCN(C(=O)COc2cccc(C(F)(F)F)c2)C1. The number of carbonyl (C=O) groups excluding carboxylic acids is 1. The highest BCUT2D eigenvalue weighted by Gasteiger charge is 2.32. The number of hydrogen-bond acceptors (Lipinski definition) is 3. The molecule has 1 N–H and O–H groups in total. The molecule has 1 aliphatic heterocycles. The molecule has 0 spiro atoms. The van der Waals surface area contributed by atoms with Crippen molar-refractivity contribution < 1.29 is 32.6 Å². The van der Waals surface area contributed by atoms with Crippen LogP contribution in [0.4, 0.5) is 13.2 Å². The van der Waals surface area contributed by atoms with E-state index in [0.29, 0.717) is 13.0 Å². The van der Waals surface area contributed by atoms with Gasteiger partial charge in [0.1, 0.15) is 5.75 Å². The zero-order chi connectivity index (χ0) is 16.3. The summed E-state index contributed by atoms with van der Waals surface area (Å²) in [6.07, 6.45) is -4.11. The molecule has 1 aromatic rings. The van der Waals surface area contributed by atoms with Gasteiger partial charge >= 0.3 is 12.1 Å². The number of ether oxygens (including phenoxy) is 1. The van der Waals surface area contributed by atoms with Gasteiger partial charge in [0.15, 0.2) is 6.61 Å². The van der Waals surface area contributed by atoms with Crippen LogP contribution < -0.4 is 4.74 Å². The summed E-state index contributed by atoms with van der Waals surface area (Å²) in [6, 6.07) is 4.25. The van der Waals surface area contributed by atoms with Crippen molar-refractivity contribution in [2.24, 2.45) is 5.92 Å². The summed E-state index contributed by atoms with van der Waals surface area (Å²) in [5.41, 5.74) is -0.857. The van der Waals surface area contributed by atoms with Crippen LogP contribution in [0.25, 0.3) is 0 Å². The zero-order valence-electron chi connectivity index (χ0n) is 11.5. The van der Waals surface area contributed by atoms with E-state index in [9.17, 15) is 22.8 Å². The highest BCUT2D eigenvalue weighted by molar-refractivity contribution is 5.80. The lowest BCUT2D eigenvalue weighted by atomic mass is 10.1. The first kappa shape index (κ1) is 16.1. The molecule has 5 nitrogen and oxygen atoms in total. The monoisotopic (exact) mass is 317 g/mol. The molecule has 1 atom stereocenters. The molecule has 22 heavy (non-hydrogen) atoms. The molecule has 0 radical (unpaired) electrons. The van der Waals surface area contributed by atoms with Gasteiger partial charge in [0.05, 0.1) is 11.5 Å². The van der Waals surface area contributed by atoms with Crippen molar-refractivity contribution in [3.05, 3.63) is 29.8 Å². The van der Waals surface area contributed by atoms with Gasteiger partial charge in [-0.1, -0.05) is 6.07 Å². The Balaban J connectivity index is 1.91. The van der Waals surface area contributed by atoms with Crippen LogP contribution in [0.2, 0.25) is 0 Å². The van der Waals surface area contributed by atoms with Gasteiger partial charge in [0.2, 0.25) is 0 Å². The Morgan fingerprint density at radius 3 is 2.68 bits per heavy atom. The molecule has 120 valence electrons. The number of alkyl halides is 3. The van der Waals surface area contributed by atoms with E-state index in [1.807, 2.05) is 0 Å². The molecule has 8 heteroatoms. The molecule has 1 aliphatic rings. The van der Waals surface area contributed by atoms with E-state index in [1.165, 1.54) is 17.0 Å². The molecule has 1 amide bonds. The standard InChI is InChI=1S/C14H14F3NO4/c15-14(16,17)10-2-1-3-11(6-10)22-8-12(19)18-5-4-9(7-18)13(20)21/h1-3,6,9H,4-5,7-8H2,(H,20,21)/t9-/m0/s1. The lowest BCUT2D eigenvalue weighted by Gasteiger charge is -2.16. The molecule has 1 fully saturated rings. The lowest BCUT2D eigenvalue weighted by molar-refractivity contribution is -0.141. The number of benzene rings is 1. The minimum absolute atomic E-state index is 0.0582. The molecule has 0 bridgehead atoms. The Morgan fingerprint density at radius 1 is 1.36 bits per heavy atom. The summed E-state index contributed by atoms with van der Waals surface area (Å²) in [5, 5.41) is 8.85. The quantitative estimate of drug-likeness (QED) is 0.922. The van der Waals surface area contributed by atoms with E-state index in [-0.39, 0.29) is 12.3 Å². The second-order valence-electron chi connectivity index (χ2n) is 4.98. The Hall–Kier alpha value is -2.25. The maximum Gasteiger partial charge on any atom is 0.416 e. The Labute approximate surface area is 124 Å². The third kappa shape index (κ3) is 3.90. The number of halogens is 3. The molecule has 2 rings (SSSR count). The van der Waals surface area contributed by atoms with Gasteiger partial charge in [-0.15, -0.1) is 0 Å². The number of rotatable bonds is 4.